The Morgan fingerprint density at radius 1 is 1.71 bits per heavy atom. The van der Waals surface area contributed by atoms with E-state index in [2.05, 4.69) is 12.6 Å². The van der Waals surface area contributed by atoms with Gasteiger partial charge in [-0.05, 0) is 11.4 Å². The van der Waals surface area contributed by atoms with Crippen LogP contribution in [0.3, 0.4) is 0 Å². The lowest BCUT2D eigenvalue weighted by molar-refractivity contribution is -0.144. The van der Waals surface area contributed by atoms with Crippen LogP contribution in [0.4, 0.5) is 0 Å². The van der Waals surface area contributed by atoms with Gasteiger partial charge in [-0.25, -0.2) is 0 Å². The Hall–Kier alpha value is -0.520. The molecule has 1 rings (SSSR count). The third-order valence-corrected chi connectivity index (χ3v) is 3.00. The minimum Gasteiger partial charge on any atom is -0.464 e. The lowest BCUT2D eigenvalue weighted by atomic mass is 10.3. The van der Waals surface area contributed by atoms with Crippen LogP contribution in [0.5, 0.6) is 0 Å². The zero-order valence-electron chi connectivity index (χ0n) is 7.68. The van der Waals surface area contributed by atoms with Crippen molar-refractivity contribution in [3.8, 4) is 0 Å². The maximum Gasteiger partial charge on any atom is 0.323 e. The molecular weight excluding hydrogens is 218 g/mol. The summed E-state index contributed by atoms with van der Waals surface area (Å²) in [7, 11) is 0. The van der Waals surface area contributed by atoms with Gasteiger partial charge in [0.2, 0.25) is 0 Å². The highest BCUT2D eigenvalue weighted by Gasteiger charge is 2.12. The Kier molecular flexibility index (Phi) is 5.00. The van der Waals surface area contributed by atoms with Gasteiger partial charge in [0, 0.05) is 17.1 Å². The summed E-state index contributed by atoms with van der Waals surface area (Å²) in [6.45, 7) is 0.390. The van der Waals surface area contributed by atoms with E-state index < -0.39 is 6.04 Å². The first-order valence-corrected chi connectivity index (χ1v) is 5.80. The second-order valence-electron chi connectivity index (χ2n) is 2.79. The molecule has 0 amide bonds. The van der Waals surface area contributed by atoms with Crippen molar-refractivity contribution in [2.75, 3.05) is 12.4 Å². The van der Waals surface area contributed by atoms with Crippen molar-refractivity contribution in [3.63, 3.8) is 0 Å². The number of carbonyl (C=O) groups is 1. The van der Waals surface area contributed by atoms with E-state index in [1.165, 1.54) is 4.88 Å². The third kappa shape index (κ3) is 3.69. The summed E-state index contributed by atoms with van der Waals surface area (Å²) >= 11 is 5.56. The van der Waals surface area contributed by atoms with Gasteiger partial charge in [0.05, 0.1) is 6.61 Å². The SMILES string of the molecule is N[C@H](CS)C(=O)OCCc1cccs1. The largest absolute Gasteiger partial charge is 0.464 e. The fraction of sp³-hybridized carbons (Fsp3) is 0.444. The van der Waals surface area contributed by atoms with E-state index in [9.17, 15) is 4.79 Å². The summed E-state index contributed by atoms with van der Waals surface area (Å²) in [5.74, 6) is -0.0609. The van der Waals surface area contributed by atoms with Gasteiger partial charge in [-0.2, -0.15) is 12.6 Å². The molecule has 0 aliphatic carbocycles. The average molecular weight is 231 g/mol. The molecule has 1 heterocycles. The molecule has 5 heteroatoms. The third-order valence-electron chi connectivity index (χ3n) is 1.67. The number of ether oxygens (including phenoxy) is 1. The molecule has 0 saturated carbocycles. The summed E-state index contributed by atoms with van der Waals surface area (Å²) in [6, 6.07) is 3.37. The molecule has 2 N–H and O–H groups in total. The van der Waals surface area contributed by atoms with Crippen LogP contribution in [0.1, 0.15) is 4.88 Å². The molecule has 1 aromatic heterocycles. The predicted octanol–water partition coefficient (Wildman–Crippen LogP) is 1.09. The van der Waals surface area contributed by atoms with E-state index in [0.717, 1.165) is 6.42 Å². The van der Waals surface area contributed by atoms with Crippen LogP contribution in [0.25, 0.3) is 0 Å². The van der Waals surface area contributed by atoms with E-state index in [4.69, 9.17) is 10.5 Å². The second-order valence-corrected chi connectivity index (χ2v) is 4.18. The van der Waals surface area contributed by atoms with Gasteiger partial charge < -0.3 is 10.5 Å². The van der Waals surface area contributed by atoms with Gasteiger partial charge >= 0.3 is 5.97 Å². The molecule has 0 bridgehead atoms. The molecule has 0 saturated heterocycles. The number of thiophene rings is 1. The van der Waals surface area contributed by atoms with Gasteiger partial charge in [0.15, 0.2) is 0 Å². The van der Waals surface area contributed by atoms with Gasteiger partial charge in [-0.1, -0.05) is 6.07 Å². The molecule has 0 unspecified atom stereocenters. The number of rotatable bonds is 5. The van der Waals surface area contributed by atoms with Crippen LogP contribution in [0.15, 0.2) is 17.5 Å². The minimum atomic E-state index is -0.610. The lowest BCUT2D eigenvalue weighted by Gasteiger charge is -2.07. The first kappa shape index (κ1) is 11.6. The summed E-state index contributed by atoms with van der Waals surface area (Å²) in [4.78, 5) is 12.3. The molecule has 0 aromatic carbocycles. The maximum atomic E-state index is 11.1. The van der Waals surface area contributed by atoms with Gasteiger partial charge in [-0.3, -0.25) is 4.79 Å². The van der Waals surface area contributed by atoms with Crippen molar-refractivity contribution in [2.24, 2.45) is 5.73 Å². The highest BCUT2D eigenvalue weighted by Crippen LogP contribution is 2.08. The zero-order chi connectivity index (χ0) is 10.4. The first-order valence-electron chi connectivity index (χ1n) is 4.29. The highest BCUT2D eigenvalue weighted by atomic mass is 32.1. The fourth-order valence-corrected chi connectivity index (χ4v) is 1.73. The maximum absolute atomic E-state index is 11.1. The second kappa shape index (κ2) is 6.06. The Balaban J connectivity index is 2.18. The summed E-state index contributed by atoms with van der Waals surface area (Å²) in [5, 5.41) is 2.00. The molecule has 0 aliphatic heterocycles. The van der Waals surface area contributed by atoms with Crippen molar-refractivity contribution in [3.05, 3.63) is 22.4 Å². The Labute approximate surface area is 92.7 Å². The van der Waals surface area contributed by atoms with Crippen LogP contribution >= 0.6 is 24.0 Å². The van der Waals surface area contributed by atoms with Crippen LogP contribution in [0.2, 0.25) is 0 Å². The highest BCUT2D eigenvalue weighted by molar-refractivity contribution is 7.80. The molecule has 3 nitrogen and oxygen atoms in total. The molecule has 1 aromatic rings. The number of thiol groups is 1. The Bertz CT molecular complexity index is 274. The topological polar surface area (TPSA) is 52.3 Å². The normalized spacial score (nSPS) is 12.4. The summed E-state index contributed by atoms with van der Waals surface area (Å²) in [6.07, 6.45) is 0.753. The smallest absolute Gasteiger partial charge is 0.323 e. The number of hydrogen-bond acceptors (Lipinski definition) is 5. The fourth-order valence-electron chi connectivity index (χ4n) is 0.889. The van der Waals surface area contributed by atoms with Crippen molar-refractivity contribution < 1.29 is 9.53 Å². The van der Waals surface area contributed by atoms with Gasteiger partial charge in [0.25, 0.3) is 0 Å². The van der Waals surface area contributed by atoms with E-state index in [-0.39, 0.29) is 5.97 Å². The van der Waals surface area contributed by atoms with Crippen molar-refractivity contribution in [1.82, 2.24) is 0 Å². The summed E-state index contributed by atoms with van der Waals surface area (Å²) in [5.41, 5.74) is 5.43. The molecule has 14 heavy (non-hydrogen) atoms. The monoisotopic (exact) mass is 231 g/mol. The Morgan fingerprint density at radius 2 is 2.50 bits per heavy atom. The lowest BCUT2D eigenvalue weighted by Crippen LogP contribution is -2.34. The quantitative estimate of drug-likeness (QED) is 0.589. The standard InChI is InChI=1S/C9H13NO2S2/c10-8(6-13)9(11)12-4-3-7-2-1-5-14-7/h1-2,5,8,13H,3-4,6,10H2/t8-/m1/s1. The van der Waals surface area contributed by atoms with Gasteiger partial charge in [0.1, 0.15) is 6.04 Å². The average Bonchev–Trinajstić information content (AvgIpc) is 2.69. The van der Waals surface area contributed by atoms with Crippen molar-refractivity contribution in [1.29, 1.82) is 0 Å². The Morgan fingerprint density at radius 3 is 3.07 bits per heavy atom. The summed E-state index contributed by atoms with van der Waals surface area (Å²) < 4.78 is 4.96. The zero-order valence-corrected chi connectivity index (χ0v) is 9.39. The molecule has 0 spiro atoms. The number of carbonyl (C=O) groups excluding carboxylic acids is 1. The predicted molar refractivity (Wildman–Crippen MR) is 60.8 cm³/mol. The number of hydrogen-bond donors (Lipinski definition) is 2. The molecule has 0 aliphatic rings. The van der Waals surface area contributed by atoms with Crippen LogP contribution in [0, 0.1) is 0 Å². The van der Waals surface area contributed by atoms with Gasteiger partial charge in [-0.15, -0.1) is 11.3 Å². The van der Waals surface area contributed by atoms with E-state index in [1.54, 1.807) is 11.3 Å². The van der Waals surface area contributed by atoms with E-state index >= 15 is 0 Å². The molecular formula is C9H13NO2S2. The van der Waals surface area contributed by atoms with E-state index in [0.29, 0.717) is 12.4 Å². The number of esters is 1. The van der Waals surface area contributed by atoms with E-state index in [1.807, 2.05) is 17.5 Å². The molecule has 1 atom stereocenters. The van der Waals surface area contributed by atoms with Crippen molar-refractivity contribution in [2.45, 2.75) is 12.5 Å². The molecule has 0 fully saturated rings. The molecule has 0 radical (unpaired) electrons. The van der Waals surface area contributed by atoms with Crippen molar-refractivity contribution >= 4 is 29.9 Å². The van der Waals surface area contributed by atoms with Crippen LogP contribution in [-0.4, -0.2) is 24.4 Å². The van der Waals surface area contributed by atoms with Crippen LogP contribution < -0.4 is 5.73 Å². The molecule has 78 valence electrons. The first-order chi connectivity index (χ1) is 6.74. The minimum absolute atomic E-state index is 0.317. The van der Waals surface area contributed by atoms with Crippen LogP contribution in [-0.2, 0) is 16.0 Å². The number of nitrogens with two attached hydrogens (primary N) is 1.